The number of aliphatic hydroxyl groups is 1. The number of nitriles is 1. The van der Waals surface area contributed by atoms with Crippen molar-refractivity contribution in [3.05, 3.63) is 70.5 Å². The van der Waals surface area contributed by atoms with Crippen molar-refractivity contribution in [3.8, 4) is 6.07 Å². The molecule has 4 N–H and O–H groups in total. The molecule has 11 heteroatoms. The Balaban J connectivity index is 0.000000317. The Labute approximate surface area is 213 Å². The number of halogens is 1. The van der Waals surface area contributed by atoms with E-state index in [4.69, 9.17) is 30.4 Å². The van der Waals surface area contributed by atoms with Crippen LogP contribution in [0, 0.1) is 17.1 Å². The maximum Gasteiger partial charge on any atom is 0.336 e. The number of hydrogen-bond donors (Lipinski definition) is 4. The van der Waals surface area contributed by atoms with Gasteiger partial charge in [-0.2, -0.15) is 5.26 Å². The first-order valence-corrected chi connectivity index (χ1v) is 11.3. The zero-order valence-corrected chi connectivity index (χ0v) is 20.5. The van der Waals surface area contributed by atoms with E-state index in [9.17, 15) is 18.8 Å². The SMILES string of the molecule is CN(C)CCC[C@@]1(c2ccc(F)cc2)OCc2cc(C#N)ccc21.O=C(O)CC(O)(CC(=O)O)C(=O)O. The lowest BCUT2D eigenvalue weighted by Gasteiger charge is -2.31. The molecule has 198 valence electrons. The number of carbonyl (C=O) groups is 3. The summed E-state index contributed by atoms with van der Waals surface area (Å²) in [5, 5.41) is 42.9. The van der Waals surface area contributed by atoms with E-state index in [0.717, 1.165) is 36.1 Å². The summed E-state index contributed by atoms with van der Waals surface area (Å²) in [6, 6.07) is 14.5. The zero-order chi connectivity index (χ0) is 27.8. The smallest absolute Gasteiger partial charge is 0.336 e. The lowest BCUT2D eigenvalue weighted by atomic mass is 9.81. The molecule has 10 nitrogen and oxygen atoms in total. The van der Waals surface area contributed by atoms with Gasteiger partial charge in [0.05, 0.1) is 31.1 Å². The van der Waals surface area contributed by atoms with E-state index in [2.05, 4.69) is 11.0 Å². The molecular formula is C26H29FN2O8. The van der Waals surface area contributed by atoms with E-state index in [-0.39, 0.29) is 5.82 Å². The monoisotopic (exact) mass is 516 g/mol. The highest BCUT2D eigenvalue weighted by Crippen LogP contribution is 2.45. The molecule has 2 aromatic rings. The van der Waals surface area contributed by atoms with E-state index in [0.29, 0.717) is 12.2 Å². The van der Waals surface area contributed by atoms with Crippen molar-refractivity contribution >= 4 is 17.9 Å². The molecule has 1 atom stereocenters. The van der Waals surface area contributed by atoms with Gasteiger partial charge in [-0.3, -0.25) is 9.59 Å². The Kier molecular flexibility index (Phi) is 9.85. The number of carboxylic acids is 3. The van der Waals surface area contributed by atoms with Crippen LogP contribution < -0.4 is 0 Å². The van der Waals surface area contributed by atoms with E-state index in [1.54, 1.807) is 12.1 Å². The first kappa shape index (κ1) is 29.4. The Bertz CT molecular complexity index is 1160. The molecule has 0 saturated heterocycles. The average Bonchev–Trinajstić information content (AvgIpc) is 3.17. The Morgan fingerprint density at radius 3 is 2.16 bits per heavy atom. The molecule has 1 aliphatic heterocycles. The van der Waals surface area contributed by atoms with Gasteiger partial charge in [0.25, 0.3) is 0 Å². The molecule has 0 aromatic heterocycles. The number of rotatable bonds is 10. The molecule has 1 heterocycles. The van der Waals surface area contributed by atoms with Crippen LogP contribution in [0.25, 0.3) is 0 Å². The summed E-state index contributed by atoms with van der Waals surface area (Å²) in [7, 11) is 4.10. The van der Waals surface area contributed by atoms with Crippen LogP contribution in [0.15, 0.2) is 42.5 Å². The second-order valence-corrected chi connectivity index (χ2v) is 8.99. The van der Waals surface area contributed by atoms with Crippen molar-refractivity contribution < 1.29 is 43.9 Å². The van der Waals surface area contributed by atoms with Gasteiger partial charge in [-0.1, -0.05) is 18.2 Å². The third-order valence-corrected chi connectivity index (χ3v) is 5.87. The van der Waals surface area contributed by atoms with Crippen LogP contribution in [-0.2, 0) is 31.3 Å². The molecular weight excluding hydrogens is 487 g/mol. The third kappa shape index (κ3) is 7.57. The van der Waals surface area contributed by atoms with Crippen LogP contribution in [0.5, 0.6) is 0 Å². The number of benzene rings is 2. The largest absolute Gasteiger partial charge is 0.481 e. The van der Waals surface area contributed by atoms with E-state index < -0.39 is 42.0 Å². The van der Waals surface area contributed by atoms with Gasteiger partial charge in [-0.05, 0) is 74.4 Å². The summed E-state index contributed by atoms with van der Waals surface area (Å²) in [5.41, 5.74) is 0.437. The van der Waals surface area contributed by atoms with Gasteiger partial charge in [0.2, 0.25) is 0 Å². The van der Waals surface area contributed by atoms with Crippen molar-refractivity contribution in [2.75, 3.05) is 20.6 Å². The normalized spacial score (nSPS) is 16.3. The molecule has 0 amide bonds. The quantitative estimate of drug-likeness (QED) is 0.368. The molecule has 0 aliphatic carbocycles. The second kappa shape index (κ2) is 12.4. The zero-order valence-electron chi connectivity index (χ0n) is 20.5. The minimum atomic E-state index is -2.74. The van der Waals surface area contributed by atoms with E-state index in [1.807, 2.05) is 32.3 Å². The summed E-state index contributed by atoms with van der Waals surface area (Å²) < 4.78 is 19.6. The molecule has 0 bridgehead atoms. The number of fused-ring (bicyclic) bond motifs is 1. The molecule has 0 unspecified atom stereocenters. The summed E-state index contributed by atoms with van der Waals surface area (Å²) in [6.45, 7) is 1.43. The molecule has 0 spiro atoms. The number of aliphatic carboxylic acids is 3. The number of hydrogen-bond acceptors (Lipinski definition) is 7. The summed E-state index contributed by atoms with van der Waals surface area (Å²) >= 11 is 0. The van der Waals surface area contributed by atoms with Gasteiger partial charge in [0.1, 0.15) is 11.4 Å². The van der Waals surface area contributed by atoms with Gasteiger partial charge in [0.15, 0.2) is 5.60 Å². The Morgan fingerprint density at radius 1 is 1.08 bits per heavy atom. The van der Waals surface area contributed by atoms with Gasteiger partial charge in [-0.25, -0.2) is 9.18 Å². The van der Waals surface area contributed by atoms with Gasteiger partial charge in [0, 0.05) is 0 Å². The van der Waals surface area contributed by atoms with E-state index >= 15 is 0 Å². The van der Waals surface area contributed by atoms with E-state index in [1.165, 1.54) is 12.1 Å². The van der Waals surface area contributed by atoms with Crippen LogP contribution in [0.2, 0.25) is 0 Å². The molecule has 2 aromatic carbocycles. The van der Waals surface area contributed by atoms with Crippen molar-refractivity contribution in [1.29, 1.82) is 5.26 Å². The Morgan fingerprint density at radius 2 is 1.68 bits per heavy atom. The van der Waals surface area contributed by atoms with Crippen LogP contribution in [-0.4, -0.2) is 69.5 Å². The molecule has 0 fully saturated rings. The van der Waals surface area contributed by atoms with Crippen LogP contribution in [0.3, 0.4) is 0 Å². The fourth-order valence-electron chi connectivity index (χ4n) is 4.12. The van der Waals surface area contributed by atoms with Crippen LogP contribution in [0.4, 0.5) is 4.39 Å². The van der Waals surface area contributed by atoms with Crippen molar-refractivity contribution in [2.24, 2.45) is 0 Å². The maximum absolute atomic E-state index is 13.4. The molecule has 1 aliphatic rings. The van der Waals surface area contributed by atoms with Crippen molar-refractivity contribution in [3.63, 3.8) is 0 Å². The topological polar surface area (TPSA) is 168 Å². The van der Waals surface area contributed by atoms with Gasteiger partial charge < -0.3 is 30.1 Å². The first-order valence-electron chi connectivity index (χ1n) is 11.3. The minimum absolute atomic E-state index is 0.250. The summed E-state index contributed by atoms with van der Waals surface area (Å²) in [4.78, 5) is 32.6. The third-order valence-electron chi connectivity index (χ3n) is 5.87. The van der Waals surface area contributed by atoms with Crippen molar-refractivity contribution in [1.82, 2.24) is 4.90 Å². The molecule has 0 radical (unpaired) electrons. The molecule has 3 rings (SSSR count). The predicted octanol–water partition coefficient (Wildman–Crippen LogP) is 2.56. The fourth-order valence-corrected chi connectivity index (χ4v) is 4.12. The Hall–Kier alpha value is -3.85. The lowest BCUT2D eigenvalue weighted by Crippen LogP contribution is -2.42. The summed E-state index contributed by atoms with van der Waals surface area (Å²) in [5.74, 6) is -5.27. The number of nitrogens with zero attached hydrogens (tertiary/aromatic N) is 2. The molecule has 37 heavy (non-hydrogen) atoms. The predicted molar refractivity (Wildman–Crippen MR) is 128 cm³/mol. The highest BCUT2D eigenvalue weighted by Gasteiger charge is 2.42. The lowest BCUT2D eigenvalue weighted by molar-refractivity contribution is -0.170. The van der Waals surface area contributed by atoms with Crippen LogP contribution in [0.1, 0.15) is 47.9 Å². The molecule has 0 saturated carbocycles. The highest BCUT2D eigenvalue weighted by molar-refractivity contribution is 5.88. The minimum Gasteiger partial charge on any atom is -0.481 e. The standard InChI is InChI=1S/C20H21FN2O.C6H8O7/c1-23(2)11-3-10-20(17-5-7-18(21)8-6-17)19-9-4-15(13-22)12-16(19)14-24-20;7-3(8)1-6(13,5(11)12)2-4(9)10/h4-9,12H,3,10-11,14H2,1-2H3;13H,1-2H2,(H,7,8)(H,9,10)(H,11,12)/t20-;/m0./s1. The second-order valence-electron chi connectivity index (χ2n) is 8.99. The van der Waals surface area contributed by atoms with Crippen LogP contribution >= 0.6 is 0 Å². The van der Waals surface area contributed by atoms with Crippen molar-refractivity contribution in [2.45, 2.75) is 43.5 Å². The average molecular weight is 517 g/mol. The maximum atomic E-state index is 13.4. The number of carboxylic acid groups (broad SMARTS) is 3. The highest BCUT2D eigenvalue weighted by atomic mass is 19.1. The van der Waals surface area contributed by atoms with Gasteiger partial charge in [-0.15, -0.1) is 0 Å². The summed E-state index contributed by atoms with van der Waals surface area (Å²) in [6.07, 6.45) is -0.511. The van der Waals surface area contributed by atoms with Gasteiger partial charge >= 0.3 is 17.9 Å². The first-order chi connectivity index (χ1) is 17.3. The number of ether oxygens (including phenoxy) is 1. The fraction of sp³-hybridized carbons (Fsp3) is 0.385.